The number of fused-ring (bicyclic) bond motifs is 5. The zero-order chi connectivity index (χ0) is 51.8. The minimum absolute atomic E-state index is 0.0156. The van der Waals surface area contributed by atoms with E-state index in [1.807, 2.05) is 6.92 Å². The van der Waals surface area contributed by atoms with Gasteiger partial charge in [-0.05, 0) is 107 Å². The van der Waals surface area contributed by atoms with Crippen LogP contribution in [0.3, 0.4) is 0 Å². The van der Waals surface area contributed by atoms with E-state index in [0.29, 0.717) is 25.2 Å². The van der Waals surface area contributed by atoms with E-state index in [1.54, 1.807) is 26.8 Å². The van der Waals surface area contributed by atoms with Crippen LogP contribution in [-0.2, 0) is 66.5 Å². The number of cyclic esters (lactones) is 1. The molecule has 0 aromatic heterocycles. The van der Waals surface area contributed by atoms with E-state index in [2.05, 4.69) is 6.92 Å². The first-order valence-corrected chi connectivity index (χ1v) is 26.2. The molecule has 0 bridgehead atoms. The minimum Gasteiger partial charge on any atom is -0.459 e. The summed E-state index contributed by atoms with van der Waals surface area (Å²) in [6.07, 6.45) is -11.3. The molecule has 26 atom stereocenters. The molecule has 5 heterocycles. The Kier molecular flexibility index (Phi) is 16.0. The predicted molar refractivity (Wildman–Crippen MR) is 244 cm³/mol. The van der Waals surface area contributed by atoms with E-state index in [-0.39, 0.29) is 61.1 Å². The fraction of sp³-hybridized carbons (Fsp3) is 0.902. The second-order valence-electron chi connectivity index (χ2n) is 22.8. The third-order valence-corrected chi connectivity index (χ3v) is 18.6. The van der Waals surface area contributed by atoms with Crippen LogP contribution in [0.2, 0.25) is 0 Å². The minimum atomic E-state index is -1.72. The van der Waals surface area contributed by atoms with Gasteiger partial charge in [0.05, 0.1) is 54.9 Å². The van der Waals surface area contributed by atoms with Gasteiger partial charge < -0.3 is 87.9 Å². The highest BCUT2D eigenvalue weighted by atomic mass is 16.8. The Labute approximate surface area is 420 Å². The zero-order valence-corrected chi connectivity index (χ0v) is 42.4. The first-order valence-electron chi connectivity index (χ1n) is 26.2. The molecule has 9 rings (SSSR count). The van der Waals surface area contributed by atoms with E-state index in [1.165, 1.54) is 6.92 Å². The van der Waals surface area contributed by atoms with Gasteiger partial charge in [0.25, 0.3) is 0 Å². The lowest BCUT2D eigenvalue weighted by Crippen LogP contribution is -2.67. The Hall–Kier alpha value is -2.45. The SMILES string of the molecule is CC(=O)O[C@H]1[C@H](O)[C@@H](O)[C@H](O[C@H]2[C@@H](OC(C)=O)C[C@H](O[C@H]3[C@@H](O)C[C@H](O[C@H]4[C@@H](O)C[C@H](O[C@H]5CC[C@@]6(C)[C@H](CC[C@@H]7[C@@H]6C[C@@H](O)[C@]6(C)[C@@H](C8=CC(=O)OC8)CC[C@]76O)C5)O[C@@H]4C)O[C@@H]3C)O[C@@H]2C)O[C@@H]1CO. The number of aliphatic hydroxyl groups is 7. The van der Waals surface area contributed by atoms with Crippen molar-refractivity contribution in [3.8, 4) is 0 Å². The van der Waals surface area contributed by atoms with E-state index < -0.39 is 140 Å². The average molecular weight is 1030 g/mol. The van der Waals surface area contributed by atoms with Crippen molar-refractivity contribution in [2.45, 2.75) is 241 Å². The van der Waals surface area contributed by atoms with Crippen molar-refractivity contribution in [2.75, 3.05) is 13.2 Å². The molecule has 4 aliphatic carbocycles. The maximum absolute atomic E-state index is 12.6. The molecule has 9 aliphatic rings. The smallest absolute Gasteiger partial charge is 0.331 e. The van der Waals surface area contributed by atoms with Crippen LogP contribution in [0.5, 0.6) is 0 Å². The van der Waals surface area contributed by atoms with Gasteiger partial charge in [0.15, 0.2) is 31.3 Å². The quantitative estimate of drug-likeness (QED) is 0.0821. The van der Waals surface area contributed by atoms with E-state index >= 15 is 0 Å². The maximum atomic E-state index is 12.6. The largest absolute Gasteiger partial charge is 0.459 e. The number of rotatable bonds is 12. The fourth-order valence-electron chi connectivity index (χ4n) is 14.9. The van der Waals surface area contributed by atoms with Crippen LogP contribution in [0.4, 0.5) is 0 Å². The highest BCUT2D eigenvalue weighted by Crippen LogP contribution is 2.70. The molecule has 0 spiro atoms. The Bertz CT molecular complexity index is 1960. The van der Waals surface area contributed by atoms with Crippen LogP contribution >= 0.6 is 0 Å². The molecule has 72 heavy (non-hydrogen) atoms. The van der Waals surface area contributed by atoms with Crippen LogP contribution in [0.25, 0.3) is 0 Å². The lowest BCUT2D eigenvalue weighted by molar-refractivity contribution is -0.355. The molecule has 0 aromatic carbocycles. The van der Waals surface area contributed by atoms with Gasteiger partial charge in [-0.1, -0.05) is 13.8 Å². The van der Waals surface area contributed by atoms with Gasteiger partial charge in [0.2, 0.25) is 0 Å². The molecule has 0 radical (unpaired) electrons. The van der Waals surface area contributed by atoms with Gasteiger partial charge in [-0.2, -0.15) is 0 Å². The molecule has 21 heteroatoms. The third kappa shape index (κ3) is 10.0. The second kappa shape index (κ2) is 21.2. The number of carbonyl (C=O) groups excluding carboxylic acids is 3. The summed E-state index contributed by atoms with van der Waals surface area (Å²) in [4.78, 5) is 35.9. The second-order valence-corrected chi connectivity index (χ2v) is 22.8. The van der Waals surface area contributed by atoms with Crippen LogP contribution in [-0.4, -0.2) is 189 Å². The van der Waals surface area contributed by atoms with Crippen molar-refractivity contribution in [2.24, 2.45) is 34.5 Å². The Morgan fingerprint density at radius 3 is 1.88 bits per heavy atom. The molecule has 0 unspecified atom stereocenters. The normalized spacial score (nSPS) is 51.5. The summed E-state index contributed by atoms with van der Waals surface area (Å²) in [5, 5.41) is 79.0. The van der Waals surface area contributed by atoms with Crippen LogP contribution < -0.4 is 0 Å². The van der Waals surface area contributed by atoms with Crippen molar-refractivity contribution < 1.29 is 102 Å². The summed E-state index contributed by atoms with van der Waals surface area (Å²) < 4.78 is 65.5. The summed E-state index contributed by atoms with van der Waals surface area (Å²) in [5.74, 6) is -1.37. The van der Waals surface area contributed by atoms with E-state index in [0.717, 1.165) is 44.6 Å². The van der Waals surface area contributed by atoms with Crippen LogP contribution in [0, 0.1) is 34.5 Å². The molecular weight excluding hydrogens is 949 g/mol. The van der Waals surface area contributed by atoms with Crippen molar-refractivity contribution in [1.29, 1.82) is 0 Å². The van der Waals surface area contributed by atoms with Gasteiger partial charge in [0, 0.05) is 44.6 Å². The predicted octanol–water partition coefficient (Wildman–Crippen LogP) is 1.18. The fourth-order valence-corrected chi connectivity index (χ4v) is 14.9. The number of aliphatic hydroxyl groups excluding tert-OH is 6. The number of ether oxygens (including phenoxy) is 11. The van der Waals surface area contributed by atoms with Gasteiger partial charge in [-0.3, -0.25) is 9.59 Å². The maximum Gasteiger partial charge on any atom is 0.331 e. The molecule has 7 N–H and O–H groups in total. The number of esters is 3. The summed E-state index contributed by atoms with van der Waals surface area (Å²) in [5.41, 5.74) is -1.03. The van der Waals surface area contributed by atoms with Gasteiger partial charge >= 0.3 is 17.9 Å². The highest BCUT2D eigenvalue weighted by molar-refractivity contribution is 5.85. The summed E-state index contributed by atoms with van der Waals surface area (Å²) in [6, 6.07) is 0. The standard InChI is InChI=1S/C51H78O21/c1-22-44(33(55)17-39(63-22)68-29-10-12-49(6)28(15-29)8-9-31-32(49)16-37(57)50(7)30(11-13-51(31,50)61)27-14-38(58)62-21-27)70-40-18-34(56)45(23(2)64-40)71-41-19-35(66-25(4)53)46(24(3)65-41)72-48-43(60)42(59)47(67-26(5)54)36(20-52)69-48/h14,22-24,28-37,39-48,52,55-57,59-61H,8-13,15-21H2,1-7H3/t22-,23-,24-,28-,29+,30-,31-,32+,33+,34+,35+,36-,37-,39+,40+,41+,42-,43-,44-,45-,46-,47-,48+,49+,50+,51+/m1/s1. The molecule has 4 saturated carbocycles. The monoisotopic (exact) mass is 1030 g/mol. The van der Waals surface area contributed by atoms with Gasteiger partial charge in [-0.25, -0.2) is 4.79 Å². The molecule has 5 aliphatic heterocycles. The molecule has 408 valence electrons. The Morgan fingerprint density at radius 1 is 0.681 bits per heavy atom. The summed E-state index contributed by atoms with van der Waals surface area (Å²) >= 11 is 0. The lowest BCUT2D eigenvalue weighted by Gasteiger charge is -2.65. The molecule has 21 nitrogen and oxygen atoms in total. The van der Waals surface area contributed by atoms with Crippen LogP contribution in [0.1, 0.15) is 119 Å². The van der Waals surface area contributed by atoms with Crippen molar-refractivity contribution in [3.63, 3.8) is 0 Å². The zero-order valence-electron chi connectivity index (χ0n) is 42.4. The summed E-state index contributed by atoms with van der Waals surface area (Å²) in [7, 11) is 0. The van der Waals surface area contributed by atoms with Crippen molar-refractivity contribution in [3.05, 3.63) is 11.6 Å². The van der Waals surface area contributed by atoms with Crippen molar-refractivity contribution in [1.82, 2.24) is 0 Å². The molecule has 0 aromatic rings. The summed E-state index contributed by atoms with van der Waals surface area (Å²) in [6.45, 7) is 11.4. The first kappa shape index (κ1) is 54.3. The molecule has 4 saturated heterocycles. The van der Waals surface area contributed by atoms with Crippen LogP contribution in [0.15, 0.2) is 11.6 Å². The molecule has 8 fully saturated rings. The first-order chi connectivity index (χ1) is 34.0. The molecular formula is C51H78O21. The van der Waals surface area contributed by atoms with E-state index in [9.17, 15) is 50.1 Å². The Balaban J connectivity index is 0.750. The average Bonchev–Trinajstić information content (AvgIpc) is 3.86. The topological polar surface area (TPSA) is 294 Å². The Morgan fingerprint density at radius 2 is 1.29 bits per heavy atom. The lowest BCUT2D eigenvalue weighted by atomic mass is 9.42. The highest BCUT2D eigenvalue weighted by Gasteiger charge is 2.71. The third-order valence-electron chi connectivity index (χ3n) is 18.6. The van der Waals surface area contributed by atoms with Gasteiger partial charge in [0.1, 0.15) is 49.3 Å². The van der Waals surface area contributed by atoms with E-state index in [4.69, 9.17) is 52.1 Å². The number of carbonyl (C=O) groups is 3. The van der Waals surface area contributed by atoms with Gasteiger partial charge in [-0.15, -0.1) is 0 Å². The molecule has 0 amide bonds. The number of hydrogen-bond acceptors (Lipinski definition) is 21. The van der Waals surface area contributed by atoms with Crippen molar-refractivity contribution >= 4 is 17.9 Å². The number of hydrogen-bond donors (Lipinski definition) is 7.